The van der Waals surface area contributed by atoms with Gasteiger partial charge in [-0.05, 0) is 24.7 Å². The SMILES string of the molecule is CC(C=O)C1(C)C=CCCC1. The van der Waals surface area contributed by atoms with Gasteiger partial charge in [-0.2, -0.15) is 0 Å². The van der Waals surface area contributed by atoms with Gasteiger partial charge < -0.3 is 4.79 Å². The van der Waals surface area contributed by atoms with Crippen LogP contribution in [0, 0.1) is 11.3 Å². The van der Waals surface area contributed by atoms with Gasteiger partial charge in [0.25, 0.3) is 0 Å². The number of hydrogen-bond donors (Lipinski definition) is 0. The molecule has 0 saturated carbocycles. The van der Waals surface area contributed by atoms with E-state index in [1.54, 1.807) is 0 Å². The van der Waals surface area contributed by atoms with Crippen LogP contribution in [-0.4, -0.2) is 6.29 Å². The fourth-order valence-corrected chi connectivity index (χ4v) is 1.57. The Balaban J connectivity index is 2.71. The molecule has 0 amide bonds. The molecule has 0 aromatic heterocycles. The smallest absolute Gasteiger partial charge is 0.123 e. The summed E-state index contributed by atoms with van der Waals surface area (Å²) in [5.74, 6) is 0.166. The highest BCUT2D eigenvalue weighted by atomic mass is 16.1. The van der Waals surface area contributed by atoms with Crippen LogP contribution in [0.5, 0.6) is 0 Å². The van der Waals surface area contributed by atoms with E-state index in [9.17, 15) is 4.79 Å². The Morgan fingerprint density at radius 1 is 1.64 bits per heavy atom. The summed E-state index contributed by atoms with van der Waals surface area (Å²) in [5.41, 5.74) is 0.139. The Labute approximate surface area is 68.5 Å². The summed E-state index contributed by atoms with van der Waals surface area (Å²) < 4.78 is 0. The minimum Gasteiger partial charge on any atom is -0.303 e. The quantitative estimate of drug-likeness (QED) is 0.439. The Kier molecular flexibility index (Phi) is 2.48. The lowest BCUT2D eigenvalue weighted by Crippen LogP contribution is -2.25. The second kappa shape index (κ2) is 3.21. The summed E-state index contributed by atoms with van der Waals surface area (Å²) in [5, 5.41) is 0. The largest absolute Gasteiger partial charge is 0.303 e. The average Bonchev–Trinajstić information content (AvgIpc) is 2.04. The maximum Gasteiger partial charge on any atom is 0.123 e. The first-order chi connectivity index (χ1) is 5.19. The number of carbonyl (C=O) groups excluding carboxylic acids is 1. The van der Waals surface area contributed by atoms with Crippen LogP contribution in [0.15, 0.2) is 12.2 Å². The van der Waals surface area contributed by atoms with Crippen molar-refractivity contribution in [1.82, 2.24) is 0 Å². The molecule has 1 heteroatoms. The molecule has 0 aromatic carbocycles. The molecule has 1 nitrogen and oxygen atoms in total. The molecular formula is C10H16O. The van der Waals surface area contributed by atoms with Crippen LogP contribution in [0.4, 0.5) is 0 Å². The van der Waals surface area contributed by atoms with E-state index >= 15 is 0 Å². The van der Waals surface area contributed by atoms with E-state index in [-0.39, 0.29) is 11.3 Å². The summed E-state index contributed by atoms with van der Waals surface area (Å²) in [4.78, 5) is 10.6. The summed E-state index contributed by atoms with van der Waals surface area (Å²) in [6.45, 7) is 4.17. The minimum atomic E-state index is 0.139. The summed E-state index contributed by atoms with van der Waals surface area (Å²) in [6.07, 6.45) is 9.03. The third-order valence-corrected chi connectivity index (χ3v) is 2.83. The lowest BCUT2D eigenvalue weighted by atomic mass is 9.72. The van der Waals surface area contributed by atoms with Gasteiger partial charge in [0.05, 0.1) is 0 Å². The molecule has 0 spiro atoms. The van der Waals surface area contributed by atoms with Crippen LogP contribution < -0.4 is 0 Å². The second-order valence-corrected chi connectivity index (χ2v) is 3.73. The van der Waals surface area contributed by atoms with Crippen molar-refractivity contribution in [2.24, 2.45) is 11.3 Å². The molecule has 1 aliphatic carbocycles. The van der Waals surface area contributed by atoms with Gasteiger partial charge in [-0.15, -0.1) is 0 Å². The maximum absolute atomic E-state index is 10.6. The third kappa shape index (κ3) is 1.70. The van der Waals surface area contributed by atoms with Crippen molar-refractivity contribution >= 4 is 6.29 Å². The Hall–Kier alpha value is -0.590. The predicted molar refractivity (Wildman–Crippen MR) is 46.3 cm³/mol. The molecule has 62 valence electrons. The van der Waals surface area contributed by atoms with Gasteiger partial charge in [0.1, 0.15) is 6.29 Å². The molecule has 0 saturated heterocycles. The average molecular weight is 152 g/mol. The third-order valence-electron chi connectivity index (χ3n) is 2.83. The molecule has 2 unspecified atom stereocenters. The zero-order valence-electron chi connectivity index (χ0n) is 7.34. The fraction of sp³-hybridized carbons (Fsp3) is 0.700. The molecule has 0 fully saturated rings. The van der Waals surface area contributed by atoms with E-state index in [1.807, 2.05) is 6.92 Å². The first-order valence-electron chi connectivity index (χ1n) is 4.32. The number of rotatable bonds is 2. The number of carbonyl (C=O) groups is 1. The lowest BCUT2D eigenvalue weighted by molar-refractivity contribution is -0.113. The molecular weight excluding hydrogens is 136 g/mol. The molecule has 0 N–H and O–H groups in total. The van der Waals surface area contributed by atoms with E-state index < -0.39 is 0 Å². The Morgan fingerprint density at radius 2 is 2.36 bits per heavy atom. The van der Waals surface area contributed by atoms with Gasteiger partial charge in [0.15, 0.2) is 0 Å². The van der Waals surface area contributed by atoms with Crippen molar-refractivity contribution in [2.75, 3.05) is 0 Å². The van der Waals surface area contributed by atoms with Crippen molar-refractivity contribution in [3.8, 4) is 0 Å². The monoisotopic (exact) mass is 152 g/mol. The highest BCUT2D eigenvalue weighted by Gasteiger charge is 2.28. The standard InChI is InChI=1S/C10H16O/c1-9(8-11)10(2)6-4-3-5-7-10/h4,6,8-9H,3,5,7H2,1-2H3. The fourth-order valence-electron chi connectivity index (χ4n) is 1.57. The van der Waals surface area contributed by atoms with Gasteiger partial charge in [-0.25, -0.2) is 0 Å². The summed E-state index contributed by atoms with van der Waals surface area (Å²) in [6, 6.07) is 0. The van der Waals surface area contributed by atoms with Crippen LogP contribution >= 0.6 is 0 Å². The van der Waals surface area contributed by atoms with Crippen LogP contribution in [-0.2, 0) is 4.79 Å². The van der Waals surface area contributed by atoms with Crippen molar-refractivity contribution in [3.63, 3.8) is 0 Å². The van der Waals surface area contributed by atoms with Gasteiger partial charge >= 0.3 is 0 Å². The van der Waals surface area contributed by atoms with Crippen LogP contribution in [0.1, 0.15) is 33.1 Å². The molecule has 2 atom stereocenters. The molecule has 0 aliphatic heterocycles. The van der Waals surface area contributed by atoms with E-state index in [1.165, 1.54) is 12.8 Å². The summed E-state index contributed by atoms with van der Waals surface area (Å²) in [7, 11) is 0. The predicted octanol–water partition coefficient (Wildman–Crippen LogP) is 2.57. The maximum atomic E-state index is 10.6. The molecule has 0 radical (unpaired) electrons. The van der Waals surface area contributed by atoms with Gasteiger partial charge in [0.2, 0.25) is 0 Å². The normalized spacial score (nSPS) is 33.3. The van der Waals surface area contributed by atoms with E-state index in [0.29, 0.717) is 0 Å². The minimum absolute atomic E-state index is 0.139. The van der Waals surface area contributed by atoms with Crippen LogP contribution in [0.2, 0.25) is 0 Å². The molecule has 0 aromatic rings. The van der Waals surface area contributed by atoms with Gasteiger partial charge in [-0.3, -0.25) is 0 Å². The van der Waals surface area contributed by atoms with Crippen molar-refractivity contribution < 1.29 is 4.79 Å². The highest BCUT2D eigenvalue weighted by molar-refractivity contribution is 5.55. The first kappa shape index (κ1) is 8.51. The van der Waals surface area contributed by atoms with E-state index in [0.717, 1.165) is 12.7 Å². The Morgan fingerprint density at radius 3 is 2.82 bits per heavy atom. The van der Waals surface area contributed by atoms with Gasteiger partial charge in [0, 0.05) is 5.92 Å². The first-order valence-corrected chi connectivity index (χ1v) is 4.32. The van der Waals surface area contributed by atoms with Crippen LogP contribution in [0.3, 0.4) is 0 Å². The van der Waals surface area contributed by atoms with Crippen LogP contribution in [0.25, 0.3) is 0 Å². The zero-order valence-corrected chi connectivity index (χ0v) is 7.34. The number of aldehydes is 1. The van der Waals surface area contributed by atoms with E-state index in [4.69, 9.17) is 0 Å². The molecule has 0 bridgehead atoms. The van der Waals surface area contributed by atoms with Gasteiger partial charge in [-0.1, -0.05) is 26.0 Å². The second-order valence-electron chi connectivity index (χ2n) is 3.73. The zero-order chi connectivity index (χ0) is 8.32. The molecule has 1 aliphatic rings. The molecule has 11 heavy (non-hydrogen) atoms. The number of hydrogen-bond acceptors (Lipinski definition) is 1. The lowest BCUT2D eigenvalue weighted by Gasteiger charge is -2.31. The molecule has 1 rings (SSSR count). The Bertz CT molecular complexity index is 172. The van der Waals surface area contributed by atoms with Crippen molar-refractivity contribution in [1.29, 1.82) is 0 Å². The van der Waals surface area contributed by atoms with E-state index in [2.05, 4.69) is 19.1 Å². The molecule has 0 heterocycles. The summed E-state index contributed by atoms with van der Waals surface area (Å²) >= 11 is 0. The topological polar surface area (TPSA) is 17.1 Å². The van der Waals surface area contributed by atoms with Crippen molar-refractivity contribution in [3.05, 3.63) is 12.2 Å². The number of allylic oxidation sites excluding steroid dienone is 2. The highest BCUT2D eigenvalue weighted by Crippen LogP contribution is 2.36. The van der Waals surface area contributed by atoms with Crippen molar-refractivity contribution in [2.45, 2.75) is 33.1 Å².